The van der Waals surface area contributed by atoms with Crippen molar-refractivity contribution in [2.24, 2.45) is 5.92 Å². The van der Waals surface area contributed by atoms with E-state index < -0.39 is 0 Å². The first-order valence-corrected chi connectivity index (χ1v) is 11.2. The number of piperidine rings is 1. The normalized spacial score (nSPS) is 23.3. The molecule has 0 radical (unpaired) electrons. The lowest BCUT2D eigenvalue weighted by atomic mass is 9.77. The zero-order chi connectivity index (χ0) is 21.4. The van der Waals surface area contributed by atoms with Gasteiger partial charge in [0.15, 0.2) is 0 Å². The van der Waals surface area contributed by atoms with Crippen LogP contribution in [0.1, 0.15) is 62.2 Å². The highest BCUT2D eigenvalue weighted by molar-refractivity contribution is 5.93. The summed E-state index contributed by atoms with van der Waals surface area (Å²) in [6.07, 6.45) is 3.16. The van der Waals surface area contributed by atoms with E-state index in [1.54, 1.807) is 6.07 Å². The first kappa shape index (κ1) is 20.8. The van der Waals surface area contributed by atoms with Gasteiger partial charge in [-0.1, -0.05) is 19.4 Å². The van der Waals surface area contributed by atoms with Crippen molar-refractivity contribution >= 4 is 11.6 Å². The average Bonchev–Trinajstić information content (AvgIpc) is 2.98. The summed E-state index contributed by atoms with van der Waals surface area (Å²) in [5, 5.41) is 7.59. The van der Waals surface area contributed by atoms with Crippen LogP contribution >= 0.6 is 0 Å². The van der Waals surface area contributed by atoms with Crippen molar-refractivity contribution in [2.45, 2.75) is 65.5 Å². The van der Waals surface area contributed by atoms with E-state index in [0.717, 1.165) is 61.7 Å². The number of amides is 1. The summed E-state index contributed by atoms with van der Waals surface area (Å²) in [4.78, 5) is 27.7. The third kappa shape index (κ3) is 3.71. The highest BCUT2D eigenvalue weighted by Crippen LogP contribution is 2.42. The second-order valence-corrected chi connectivity index (χ2v) is 8.81. The summed E-state index contributed by atoms with van der Waals surface area (Å²) in [6.45, 7) is 11.0. The predicted octanol–water partition coefficient (Wildman–Crippen LogP) is 3.08. The van der Waals surface area contributed by atoms with Gasteiger partial charge in [-0.2, -0.15) is 5.10 Å². The molecule has 0 saturated carbocycles. The van der Waals surface area contributed by atoms with Gasteiger partial charge in [-0.15, -0.1) is 0 Å². The summed E-state index contributed by atoms with van der Waals surface area (Å²) in [5.74, 6) is 0.731. The van der Waals surface area contributed by atoms with Crippen molar-refractivity contribution in [3.63, 3.8) is 0 Å². The van der Waals surface area contributed by atoms with Gasteiger partial charge in [0.25, 0.3) is 5.56 Å². The number of hydrogen-bond donors (Lipinski definition) is 1. The second-order valence-electron chi connectivity index (χ2n) is 8.81. The van der Waals surface area contributed by atoms with Crippen LogP contribution in [0.15, 0.2) is 23.0 Å². The quantitative estimate of drug-likeness (QED) is 0.793. The van der Waals surface area contributed by atoms with Crippen LogP contribution in [0.3, 0.4) is 0 Å². The number of nitrogens with one attached hydrogen (secondary N) is 1. The Labute approximate surface area is 178 Å². The maximum absolute atomic E-state index is 12.9. The highest BCUT2D eigenvalue weighted by Gasteiger charge is 2.40. The van der Waals surface area contributed by atoms with Crippen LogP contribution in [0.4, 0.5) is 5.69 Å². The molecule has 0 aromatic carbocycles. The Hall–Kier alpha value is -2.41. The Morgan fingerprint density at radius 2 is 2.03 bits per heavy atom. The third-order valence-corrected chi connectivity index (χ3v) is 6.77. The predicted molar refractivity (Wildman–Crippen MR) is 118 cm³/mol. The molecule has 7 heteroatoms. The highest BCUT2D eigenvalue weighted by atomic mass is 16.2. The van der Waals surface area contributed by atoms with Crippen molar-refractivity contribution in [3.8, 4) is 0 Å². The fourth-order valence-electron chi connectivity index (χ4n) is 5.50. The number of carbonyl (C=O) groups excluding carboxylic acids is 1. The lowest BCUT2D eigenvalue weighted by Gasteiger charge is -2.47. The van der Waals surface area contributed by atoms with Gasteiger partial charge in [0, 0.05) is 43.4 Å². The Kier molecular flexibility index (Phi) is 5.82. The first-order valence-electron chi connectivity index (χ1n) is 11.2. The molecule has 2 aromatic heterocycles. The molecule has 1 amide bonds. The minimum absolute atomic E-state index is 0.00863. The number of pyridine rings is 1. The van der Waals surface area contributed by atoms with E-state index in [9.17, 15) is 9.59 Å². The van der Waals surface area contributed by atoms with Crippen LogP contribution in [0.25, 0.3) is 0 Å². The lowest BCUT2D eigenvalue weighted by Crippen LogP contribution is -2.51. The first-order chi connectivity index (χ1) is 14.4. The molecule has 3 atom stereocenters. The molecule has 0 spiro atoms. The summed E-state index contributed by atoms with van der Waals surface area (Å²) in [6, 6.07) is 5.88. The molecule has 2 aliphatic rings. The number of rotatable bonds is 6. The molecule has 1 fully saturated rings. The summed E-state index contributed by atoms with van der Waals surface area (Å²) >= 11 is 0. The Morgan fingerprint density at radius 1 is 1.23 bits per heavy atom. The Balaban J connectivity index is 1.51. The number of likely N-dealkylation sites (tertiary alicyclic amines) is 1. The number of aryl methyl sites for hydroxylation is 2. The molecular formula is C23H33N5O2. The van der Waals surface area contributed by atoms with Gasteiger partial charge in [-0.05, 0) is 45.6 Å². The Bertz CT molecular complexity index is 992. The maximum Gasteiger partial charge on any atom is 0.250 e. The largest absolute Gasteiger partial charge is 0.322 e. The van der Waals surface area contributed by atoms with Crippen LogP contribution in [-0.4, -0.2) is 44.8 Å². The van der Waals surface area contributed by atoms with Crippen molar-refractivity contribution in [3.05, 3.63) is 45.6 Å². The van der Waals surface area contributed by atoms with Crippen molar-refractivity contribution in [2.75, 3.05) is 25.0 Å². The molecule has 4 heterocycles. The van der Waals surface area contributed by atoms with E-state index in [4.69, 9.17) is 0 Å². The molecule has 1 saturated heterocycles. The van der Waals surface area contributed by atoms with E-state index in [1.807, 2.05) is 36.1 Å². The molecule has 2 aromatic rings. The van der Waals surface area contributed by atoms with Crippen molar-refractivity contribution in [1.82, 2.24) is 19.2 Å². The second kappa shape index (κ2) is 8.38. The van der Waals surface area contributed by atoms with Gasteiger partial charge in [0.1, 0.15) is 0 Å². The Morgan fingerprint density at radius 3 is 2.73 bits per heavy atom. The molecule has 0 unspecified atom stereocenters. The zero-order valence-electron chi connectivity index (χ0n) is 18.5. The zero-order valence-corrected chi connectivity index (χ0v) is 18.5. The standard InChI is InChI=1S/C23H33N5O2/c1-5-8-19-17-11-18(20-9-7-10-22(30)28(19)20)13-26(12-17)14-21(29)24-23-15(3)25-27(6-2)16(23)4/h7,9-10,17-19H,5-6,8,11-14H2,1-4H3,(H,24,29)/t17-,18+,19-/m0/s1. The summed E-state index contributed by atoms with van der Waals surface area (Å²) < 4.78 is 3.96. The van der Waals surface area contributed by atoms with Crippen LogP contribution < -0.4 is 10.9 Å². The fraction of sp³-hybridized carbons (Fsp3) is 0.609. The molecule has 1 N–H and O–H groups in total. The van der Waals surface area contributed by atoms with E-state index >= 15 is 0 Å². The van der Waals surface area contributed by atoms with Crippen molar-refractivity contribution < 1.29 is 4.79 Å². The molecule has 162 valence electrons. The number of fused-ring (bicyclic) bond motifs is 4. The van der Waals surface area contributed by atoms with E-state index in [2.05, 4.69) is 28.3 Å². The summed E-state index contributed by atoms with van der Waals surface area (Å²) in [7, 11) is 0. The van der Waals surface area contributed by atoms with Crippen molar-refractivity contribution in [1.29, 1.82) is 0 Å². The minimum atomic E-state index is 0.00863. The molecule has 4 rings (SSSR count). The van der Waals surface area contributed by atoms with Crippen LogP contribution in [0.5, 0.6) is 0 Å². The van der Waals surface area contributed by atoms with Gasteiger partial charge >= 0.3 is 0 Å². The van der Waals surface area contributed by atoms with E-state index in [1.165, 1.54) is 0 Å². The average molecular weight is 412 g/mol. The molecule has 2 bridgehead atoms. The summed E-state index contributed by atoms with van der Waals surface area (Å²) in [5.41, 5.74) is 3.94. The molecule has 30 heavy (non-hydrogen) atoms. The molecule has 7 nitrogen and oxygen atoms in total. The number of aromatic nitrogens is 3. The van der Waals surface area contributed by atoms with E-state index in [0.29, 0.717) is 18.4 Å². The molecular weight excluding hydrogens is 378 g/mol. The topological polar surface area (TPSA) is 72.2 Å². The van der Waals surface area contributed by atoms with E-state index in [-0.39, 0.29) is 17.5 Å². The SMILES string of the molecule is CCC[C@H]1[C@H]2C[C@H](CN(CC(=O)Nc3c(C)nn(CC)c3C)C2)c2cccc(=O)n21. The number of nitrogens with zero attached hydrogens (tertiary/aromatic N) is 4. The molecule has 0 aliphatic carbocycles. The number of carbonyl (C=O) groups is 1. The van der Waals surface area contributed by atoms with Gasteiger partial charge < -0.3 is 9.88 Å². The van der Waals surface area contributed by atoms with Gasteiger partial charge in [-0.25, -0.2) is 0 Å². The van der Waals surface area contributed by atoms with Gasteiger partial charge in [-0.3, -0.25) is 19.2 Å². The molecule has 2 aliphatic heterocycles. The maximum atomic E-state index is 12.9. The fourth-order valence-corrected chi connectivity index (χ4v) is 5.50. The van der Waals surface area contributed by atoms with Gasteiger partial charge in [0.2, 0.25) is 5.91 Å². The lowest BCUT2D eigenvalue weighted by molar-refractivity contribution is -0.118. The monoisotopic (exact) mass is 411 g/mol. The van der Waals surface area contributed by atoms with Gasteiger partial charge in [0.05, 0.1) is 23.6 Å². The minimum Gasteiger partial charge on any atom is -0.322 e. The number of anilines is 1. The van der Waals surface area contributed by atoms with Crippen LogP contribution in [0, 0.1) is 19.8 Å². The van der Waals surface area contributed by atoms with Crippen LogP contribution in [0.2, 0.25) is 0 Å². The smallest absolute Gasteiger partial charge is 0.250 e. The number of hydrogen-bond acceptors (Lipinski definition) is 4. The van der Waals surface area contributed by atoms with Crippen LogP contribution in [-0.2, 0) is 11.3 Å². The third-order valence-electron chi connectivity index (χ3n) is 6.77.